The van der Waals surface area contributed by atoms with Crippen molar-refractivity contribution in [1.29, 1.82) is 5.26 Å². The van der Waals surface area contributed by atoms with Crippen molar-refractivity contribution in [2.24, 2.45) is 7.05 Å². The third-order valence-electron chi connectivity index (χ3n) is 2.36. The van der Waals surface area contributed by atoms with Crippen LogP contribution in [0.1, 0.15) is 15.9 Å². The Kier molecular flexibility index (Phi) is 3.49. The second-order valence-electron chi connectivity index (χ2n) is 3.76. The fraction of sp³-hybridized carbons (Fsp3) is 0.0833. The summed E-state index contributed by atoms with van der Waals surface area (Å²) in [5.74, 6) is -0.951. The van der Waals surface area contributed by atoms with Crippen LogP contribution in [0.5, 0.6) is 0 Å². The summed E-state index contributed by atoms with van der Waals surface area (Å²) in [6.07, 6.45) is 1.47. The van der Waals surface area contributed by atoms with Gasteiger partial charge in [0.05, 0.1) is 10.6 Å². The molecule has 0 bridgehead atoms. The smallest absolute Gasteiger partial charge is 0.258 e. The van der Waals surface area contributed by atoms with Gasteiger partial charge in [0.15, 0.2) is 5.82 Å². The highest BCUT2D eigenvalue weighted by atomic mass is 35.5. The minimum absolute atomic E-state index is 0.00746. The summed E-state index contributed by atoms with van der Waals surface area (Å²) < 4.78 is 14.3. The molecule has 0 saturated carbocycles. The summed E-state index contributed by atoms with van der Waals surface area (Å²) in [4.78, 5) is 11.9. The van der Waals surface area contributed by atoms with Gasteiger partial charge in [-0.2, -0.15) is 10.4 Å². The molecule has 0 aliphatic rings. The predicted molar refractivity (Wildman–Crippen MR) is 67.3 cm³/mol. The average Bonchev–Trinajstić information content (AvgIpc) is 2.69. The Balaban J connectivity index is 2.28. The van der Waals surface area contributed by atoms with Gasteiger partial charge in [0, 0.05) is 13.2 Å². The summed E-state index contributed by atoms with van der Waals surface area (Å²) in [7, 11) is 1.63. The predicted octanol–water partition coefficient (Wildman–Crippen LogP) is 2.34. The zero-order valence-electron chi connectivity index (χ0n) is 9.82. The van der Waals surface area contributed by atoms with Gasteiger partial charge in [0.2, 0.25) is 0 Å². The number of carbonyl (C=O) groups excluding carboxylic acids is 1. The molecule has 0 spiro atoms. The monoisotopic (exact) mass is 278 g/mol. The first-order valence-corrected chi connectivity index (χ1v) is 5.59. The number of benzene rings is 1. The normalized spacial score (nSPS) is 10.0. The summed E-state index contributed by atoms with van der Waals surface area (Å²) >= 11 is 5.78. The van der Waals surface area contributed by atoms with E-state index in [-0.39, 0.29) is 22.0 Å². The van der Waals surface area contributed by atoms with Crippen LogP contribution < -0.4 is 5.32 Å². The van der Waals surface area contributed by atoms with E-state index < -0.39 is 11.7 Å². The van der Waals surface area contributed by atoms with Crippen molar-refractivity contribution < 1.29 is 9.18 Å². The van der Waals surface area contributed by atoms with E-state index in [2.05, 4.69) is 10.4 Å². The van der Waals surface area contributed by atoms with Crippen molar-refractivity contribution in [2.75, 3.05) is 5.32 Å². The van der Waals surface area contributed by atoms with Gasteiger partial charge in [-0.1, -0.05) is 11.6 Å². The molecule has 96 valence electrons. The number of amides is 1. The topological polar surface area (TPSA) is 70.7 Å². The molecular weight excluding hydrogens is 271 g/mol. The highest BCUT2D eigenvalue weighted by Gasteiger charge is 2.15. The van der Waals surface area contributed by atoms with E-state index in [1.165, 1.54) is 16.9 Å². The Labute approximate surface area is 113 Å². The number of aryl methyl sites for hydroxylation is 1. The number of nitrogens with zero attached hydrogens (tertiary/aromatic N) is 3. The zero-order valence-corrected chi connectivity index (χ0v) is 10.6. The molecule has 0 aliphatic carbocycles. The van der Waals surface area contributed by atoms with Gasteiger partial charge in [-0.25, -0.2) is 4.39 Å². The van der Waals surface area contributed by atoms with Gasteiger partial charge in [0.25, 0.3) is 5.91 Å². The van der Waals surface area contributed by atoms with E-state index in [1.54, 1.807) is 7.05 Å². The molecule has 0 aliphatic heterocycles. The minimum Gasteiger partial charge on any atom is -0.304 e. The van der Waals surface area contributed by atoms with E-state index in [0.29, 0.717) is 0 Å². The Bertz CT molecular complexity index is 690. The molecule has 0 atom stereocenters. The third kappa shape index (κ3) is 2.72. The second kappa shape index (κ2) is 5.08. The summed E-state index contributed by atoms with van der Waals surface area (Å²) in [5.41, 5.74) is 0.340. The van der Waals surface area contributed by atoms with Crippen molar-refractivity contribution in [1.82, 2.24) is 9.78 Å². The Morgan fingerprint density at radius 1 is 1.58 bits per heavy atom. The fourth-order valence-corrected chi connectivity index (χ4v) is 1.76. The molecule has 19 heavy (non-hydrogen) atoms. The Hall–Kier alpha value is -2.39. The quantitative estimate of drug-likeness (QED) is 0.916. The lowest BCUT2D eigenvalue weighted by Gasteiger charge is -2.04. The second-order valence-corrected chi connectivity index (χ2v) is 4.16. The average molecular weight is 279 g/mol. The van der Waals surface area contributed by atoms with E-state index in [1.807, 2.05) is 6.07 Å². The first kappa shape index (κ1) is 13.1. The molecule has 0 fully saturated rings. The SMILES string of the molecule is Cn1cc(C#N)c(NC(=O)c2ccc(F)cc2Cl)n1. The van der Waals surface area contributed by atoms with Crippen molar-refractivity contribution in [3.8, 4) is 6.07 Å². The van der Waals surface area contributed by atoms with Crippen LogP contribution in [0.25, 0.3) is 0 Å². The molecule has 1 amide bonds. The standard InChI is InChI=1S/C12H8ClFN4O/c1-18-6-7(5-15)11(17-18)16-12(19)9-3-2-8(14)4-10(9)13/h2-4,6H,1H3,(H,16,17,19). The zero-order chi connectivity index (χ0) is 14.0. The Morgan fingerprint density at radius 2 is 2.32 bits per heavy atom. The first-order valence-electron chi connectivity index (χ1n) is 5.21. The first-order chi connectivity index (χ1) is 9.01. The number of rotatable bonds is 2. The van der Waals surface area contributed by atoms with Crippen LogP contribution >= 0.6 is 11.6 Å². The number of aromatic nitrogens is 2. The lowest BCUT2D eigenvalue weighted by molar-refractivity contribution is 0.102. The van der Waals surface area contributed by atoms with E-state index in [9.17, 15) is 9.18 Å². The molecule has 7 heteroatoms. The van der Waals surface area contributed by atoms with E-state index in [0.717, 1.165) is 12.1 Å². The van der Waals surface area contributed by atoms with Crippen LogP contribution in [0, 0.1) is 17.1 Å². The van der Waals surface area contributed by atoms with Gasteiger partial charge in [-0.05, 0) is 18.2 Å². The number of nitriles is 1. The third-order valence-corrected chi connectivity index (χ3v) is 2.67. The molecule has 0 unspecified atom stereocenters. The van der Waals surface area contributed by atoms with Crippen LogP contribution in [-0.4, -0.2) is 15.7 Å². The molecule has 2 aromatic rings. The highest BCUT2D eigenvalue weighted by Crippen LogP contribution is 2.19. The maximum absolute atomic E-state index is 12.9. The van der Waals surface area contributed by atoms with Gasteiger partial charge in [-0.15, -0.1) is 0 Å². The molecule has 1 N–H and O–H groups in total. The number of hydrogen-bond acceptors (Lipinski definition) is 3. The lowest BCUT2D eigenvalue weighted by Crippen LogP contribution is -2.14. The van der Waals surface area contributed by atoms with Crippen LogP contribution in [0.2, 0.25) is 5.02 Å². The molecule has 5 nitrogen and oxygen atoms in total. The molecule has 1 aromatic heterocycles. The molecule has 1 aromatic carbocycles. The van der Waals surface area contributed by atoms with Crippen LogP contribution in [0.15, 0.2) is 24.4 Å². The Morgan fingerprint density at radius 3 is 2.95 bits per heavy atom. The maximum Gasteiger partial charge on any atom is 0.258 e. The van der Waals surface area contributed by atoms with Crippen LogP contribution in [-0.2, 0) is 7.05 Å². The van der Waals surface area contributed by atoms with Crippen molar-refractivity contribution in [2.45, 2.75) is 0 Å². The number of halogens is 2. The van der Waals surface area contributed by atoms with Gasteiger partial charge in [-0.3, -0.25) is 9.48 Å². The molecular formula is C12H8ClFN4O. The largest absolute Gasteiger partial charge is 0.304 e. The molecule has 1 heterocycles. The van der Waals surface area contributed by atoms with Crippen molar-refractivity contribution in [3.05, 3.63) is 46.4 Å². The number of carbonyl (C=O) groups is 1. The number of hydrogen-bond donors (Lipinski definition) is 1. The van der Waals surface area contributed by atoms with Crippen LogP contribution in [0.4, 0.5) is 10.2 Å². The van der Waals surface area contributed by atoms with Crippen molar-refractivity contribution >= 4 is 23.3 Å². The molecule has 0 saturated heterocycles. The fourth-order valence-electron chi connectivity index (χ4n) is 1.51. The van der Waals surface area contributed by atoms with Crippen LogP contribution in [0.3, 0.4) is 0 Å². The van der Waals surface area contributed by atoms with Gasteiger partial charge >= 0.3 is 0 Å². The summed E-state index contributed by atoms with van der Waals surface area (Å²) in [5, 5.41) is 15.3. The number of nitrogens with one attached hydrogen (secondary N) is 1. The number of anilines is 1. The maximum atomic E-state index is 12.9. The highest BCUT2D eigenvalue weighted by molar-refractivity contribution is 6.34. The molecule has 0 radical (unpaired) electrons. The van der Waals surface area contributed by atoms with Gasteiger partial charge < -0.3 is 5.32 Å². The van der Waals surface area contributed by atoms with E-state index >= 15 is 0 Å². The minimum atomic E-state index is -0.555. The molecule has 2 rings (SSSR count). The summed E-state index contributed by atoms with van der Waals surface area (Å²) in [6.45, 7) is 0. The van der Waals surface area contributed by atoms with E-state index in [4.69, 9.17) is 16.9 Å². The van der Waals surface area contributed by atoms with Crippen molar-refractivity contribution in [3.63, 3.8) is 0 Å². The lowest BCUT2D eigenvalue weighted by atomic mass is 10.2. The summed E-state index contributed by atoms with van der Waals surface area (Å²) in [6, 6.07) is 5.34. The van der Waals surface area contributed by atoms with Gasteiger partial charge in [0.1, 0.15) is 17.4 Å².